The van der Waals surface area contributed by atoms with Gasteiger partial charge >= 0.3 is 7.60 Å². The Balaban J connectivity index is 1.97. The van der Waals surface area contributed by atoms with Gasteiger partial charge in [-0.25, -0.2) is 0 Å². The molecule has 0 amide bonds. The van der Waals surface area contributed by atoms with Gasteiger partial charge in [-0.1, -0.05) is 13.3 Å². The van der Waals surface area contributed by atoms with Gasteiger partial charge in [0.1, 0.15) is 11.4 Å². The number of ether oxygens (including phenoxy) is 1. The Morgan fingerprint density at radius 3 is 2.60 bits per heavy atom. The Morgan fingerprint density at radius 1 is 1.24 bits per heavy atom. The zero-order valence-corrected chi connectivity index (χ0v) is 15.3. The standard InChI is InChI=1S/C16H23N4O4P/c1-3-4-10-24-15-7-5-14(6-8-15)18-19-16-12-17-20(13(16)2)9-11-25(21,22)23/h5-8,12H,3-4,9-11H2,1-2H3,(H2,21,22,23)/b19-18+. The lowest BCUT2D eigenvalue weighted by Crippen LogP contribution is -2.06. The maximum Gasteiger partial charge on any atom is 0.327 e. The average Bonchev–Trinajstić information content (AvgIpc) is 2.92. The highest BCUT2D eigenvalue weighted by atomic mass is 31.2. The zero-order valence-electron chi connectivity index (χ0n) is 14.4. The second kappa shape index (κ2) is 8.89. The number of unbranched alkanes of at least 4 members (excludes halogenated alkanes) is 1. The molecule has 2 aromatic rings. The molecule has 0 radical (unpaired) electrons. The molecule has 25 heavy (non-hydrogen) atoms. The van der Waals surface area contributed by atoms with Gasteiger partial charge in [0, 0.05) is 0 Å². The molecule has 0 unspecified atom stereocenters. The van der Waals surface area contributed by atoms with E-state index in [0.717, 1.165) is 18.6 Å². The normalized spacial score (nSPS) is 12.0. The van der Waals surface area contributed by atoms with E-state index in [-0.39, 0.29) is 12.7 Å². The summed E-state index contributed by atoms with van der Waals surface area (Å²) in [7, 11) is -4.05. The number of hydrogen-bond donors (Lipinski definition) is 2. The summed E-state index contributed by atoms with van der Waals surface area (Å²) < 4.78 is 18.0. The lowest BCUT2D eigenvalue weighted by molar-refractivity contribution is 0.309. The molecule has 0 fully saturated rings. The first-order chi connectivity index (χ1) is 11.9. The fourth-order valence-electron chi connectivity index (χ4n) is 2.04. The van der Waals surface area contributed by atoms with Crippen LogP contribution >= 0.6 is 7.60 Å². The van der Waals surface area contributed by atoms with Crippen molar-refractivity contribution in [3.8, 4) is 5.75 Å². The third kappa shape index (κ3) is 6.42. The number of aromatic nitrogens is 2. The van der Waals surface area contributed by atoms with Crippen LogP contribution in [0.15, 0.2) is 40.7 Å². The first-order valence-electron chi connectivity index (χ1n) is 8.10. The minimum absolute atomic E-state index is 0.134. The molecule has 0 atom stereocenters. The van der Waals surface area contributed by atoms with Crippen molar-refractivity contribution in [2.45, 2.75) is 33.2 Å². The van der Waals surface area contributed by atoms with Gasteiger partial charge in [0.05, 0.1) is 36.9 Å². The molecular formula is C16H23N4O4P. The van der Waals surface area contributed by atoms with Crippen molar-refractivity contribution in [3.63, 3.8) is 0 Å². The Bertz CT molecular complexity index is 752. The van der Waals surface area contributed by atoms with E-state index in [1.165, 1.54) is 10.9 Å². The Kier molecular flexibility index (Phi) is 6.87. The molecular weight excluding hydrogens is 343 g/mol. The van der Waals surface area contributed by atoms with Gasteiger partial charge in [-0.3, -0.25) is 9.25 Å². The third-order valence-electron chi connectivity index (χ3n) is 3.56. The summed E-state index contributed by atoms with van der Waals surface area (Å²) in [6, 6.07) is 7.33. The summed E-state index contributed by atoms with van der Waals surface area (Å²) >= 11 is 0. The Hall–Kier alpha value is -2.02. The van der Waals surface area contributed by atoms with Gasteiger partial charge in [0.2, 0.25) is 0 Å². The lowest BCUT2D eigenvalue weighted by atomic mass is 10.3. The monoisotopic (exact) mass is 366 g/mol. The molecule has 8 nitrogen and oxygen atoms in total. The van der Waals surface area contributed by atoms with E-state index in [0.29, 0.717) is 23.7 Å². The highest BCUT2D eigenvalue weighted by Crippen LogP contribution is 2.34. The van der Waals surface area contributed by atoms with Gasteiger partial charge in [0.15, 0.2) is 0 Å². The summed E-state index contributed by atoms with van der Waals surface area (Å²) in [5.74, 6) is 0.800. The molecule has 1 aromatic heterocycles. The fourth-order valence-corrected chi connectivity index (χ4v) is 2.49. The minimum Gasteiger partial charge on any atom is -0.494 e. The molecule has 136 valence electrons. The van der Waals surface area contributed by atoms with Gasteiger partial charge < -0.3 is 14.5 Å². The minimum atomic E-state index is -4.05. The number of rotatable bonds is 9. The number of nitrogens with zero attached hydrogens (tertiary/aromatic N) is 4. The first-order valence-corrected chi connectivity index (χ1v) is 9.90. The molecule has 0 saturated heterocycles. The van der Waals surface area contributed by atoms with E-state index in [2.05, 4.69) is 22.3 Å². The molecule has 2 N–H and O–H groups in total. The summed E-state index contributed by atoms with van der Waals surface area (Å²) in [6.45, 7) is 4.73. The van der Waals surface area contributed by atoms with Crippen molar-refractivity contribution in [2.24, 2.45) is 10.2 Å². The van der Waals surface area contributed by atoms with Crippen LogP contribution < -0.4 is 4.74 Å². The zero-order chi connectivity index (χ0) is 18.3. The van der Waals surface area contributed by atoms with Crippen molar-refractivity contribution in [1.29, 1.82) is 0 Å². The smallest absolute Gasteiger partial charge is 0.327 e. The van der Waals surface area contributed by atoms with Crippen LogP contribution in [0.2, 0.25) is 0 Å². The summed E-state index contributed by atoms with van der Waals surface area (Å²) in [6.07, 6.45) is 3.38. The molecule has 0 aliphatic rings. The Morgan fingerprint density at radius 2 is 1.96 bits per heavy atom. The van der Waals surface area contributed by atoms with E-state index in [1.807, 2.05) is 24.3 Å². The molecule has 0 spiro atoms. The number of benzene rings is 1. The fraction of sp³-hybridized carbons (Fsp3) is 0.438. The predicted molar refractivity (Wildman–Crippen MR) is 94.9 cm³/mol. The molecule has 2 rings (SSSR count). The van der Waals surface area contributed by atoms with E-state index < -0.39 is 7.60 Å². The van der Waals surface area contributed by atoms with Crippen LogP contribution in [0.4, 0.5) is 11.4 Å². The van der Waals surface area contributed by atoms with Crippen molar-refractivity contribution in [2.75, 3.05) is 12.8 Å². The highest BCUT2D eigenvalue weighted by Gasteiger charge is 2.14. The SMILES string of the molecule is CCCCOc1ccc(/N=N/c2cnn(CCP(=O)(O)O)c2C)cc1. The molecule has 0 saturated carbocycles. The van der Waals surface area contributed by atoms with Crippen molar-refractivity contribution < 1.29 is 19.1 Å². The van der Waals surface area contributed by atoms with Crippen LogP contribution in [0, 0.1) is 6.92 Å². The van der Waals surface area contributed by atoms with Crippen LogP contribution in [0.3, 0.4) is 0 Å². The molecule has 0 aliphatic carbocycles. The topological polar surface area (TPSA) is 109 Å². The largest absolute Gasteiger partial charge is 0.494 e. The maximum absolute atomic E-state index is 10.9. The summed E-state index contributed by atoms with van der Waals surface area (Å²) in [5.41, 5.74) is 1.95. The average molecular weight is 366 g/mol. The molecule has 1 aromatic carbocycles. The number of aryl methyl sites for hydroxylation is 1. The third-order valence-corrected chi connectivity index (χ3v) is 4.34. The second-order valence-corrected chi connectivity index (χ2v) is 7.40. The van der Waals surface area contributed by atoms with E-state index in [4.69, 9.17) is 14.5 Å². The second-order valence-electron chi connectivity index (χ2n) is 5.62. The van der Waals surface area contributed by atoms with E-state index in [9.17, 15) is 4.57 Å². The number of hydrogen-bond acceptors (Lipinski definition) is 5. The van der Waals surface area contributed by atoms with Crippen molar-refractivity contribution >= 4 is 19.0 Å². The van der Waals surface area contributed by atoms with Gasteiger partial charge in [-0.2, -0.15) is 10.2 Å². The quantitative estimate of drug-likeness (QED) is 0.396. The highest BCUT2D eigenvalue weighted by molar-refractivity contribution is 7.51. The summed E-state index contributed by atoms with van der Waals surface area (Å²) in [4.78, 5) is 17.9. The van der Waals surface area contributed by atoms with Crippen molar-refractivity contribution in [3.05, 3.63) is 36.2 Å². The van der Waals surface area contributed by atoms with Gasteiger partial charge in [-0.15, -0.1) is 5.11 Å². The molecule has 0 aliphatic heterocycles. The summed E-state index contributed by atoms with van der Waals surface area (Å²) in [5, 5.41) is 12.4. The van der Waals surface area contributed by atoms with Crippen LogP contribution in [0.1, 0.15) is 25.5 Å². The lowest BCUT2D eigenvalue weighted by Gasteiger charge is -2.05. The number of azo groups is 1. The Labute approximate surface area is 146 Å². The van der Waals surface area contributed by atoms with Crippen LogP contribution in [-0.2, 0) is 11.1 Å². The predicted octanol–water partition coefficient (Wildman–Crippen LogP) is 3.96. The van der Waals surface area contributed by atoms with Crippen LogP contribution in [0.25, 0.3) is 0 Å². The van der Waals surface area contributed by atoms with Gasteiger partial charge in [0.25, 0.3) is 0 Å². The van der Waals surface area contributed by atoms with Gasteiger partial charge in [-0.05, 0) is 37.6 Å². The molecule has 9 heteroatoms. The first kappa shape index (κ1) is 19.3. The molecule has 1 heterocycles. The molecule has 0 bridgehead atoms. The van der Waals surface area contributed by atoms with Crippen LogP contribution in [-0.4, -0.2) is 32.3 Å². The van der Waals surface area contributed by atoms with E-state index >= 15 is 0 Å². The van der Waals surface area contributed by atoms with E-state index in [1.54, 1.807) is 6.92 Å². The maximum atomic E-state index is 10.9. The van der Waals surface area contributed by atoms with Crippen molar-refractivity contribution in [1.82, 2.24) is 9.78 Å². The van der Waals surface area contributed by atoms with Crippen LogP contribution in [0.5, 0.6) is 5.75 Å².